The number of unbranched alkanes of at least 4 members (excludes halogenated alkanes) is 36. The molecule has 0 aromatic carbocycles. The Morgan fingerprint density at radius 3 is 0.900 bits per heavy atom. The van der Waals surface area contributed by atoms with Crippen molar-refractivity contribution in [3.8, 4) is 0 Å². The molecule has 0 aromatic rings. The average molecular weight is 847 g/mol. The molecule has 0 amide bonds. The van der Waals surface area contributed by atoms with Gasteiger partial charge in [-0.15, -0.1) is 0 Å². The van der Waals surface area contributed by atoms with Gasteiger partial charge in [0.15, 0.2) is 0 Å². The van der Waals surface area contributed by atoms with Crippen LogP contribution in [0.25, 0.3) is 0 Å². The molecule has 0 bridgehead atoms. The van der Waals surface area contributed by atoms with Gasteiger partial charge in [0, 0.05) is 6.42 Å². The molecule has 0 saturated heterocycles. The first kappa shape index (κ1) is 58.9. The lowest BCUT2D eigenvalue weighted by Gasteiger charge is -2.24. The highest BCUT2D eigenvalue weighted by Gasteiger charge is 2.27. The minimum Gasteiger partial charge on any atom is -0.481 e. The second-order valence-corrected chi connectivity index (χ2v) is 19.6. The van der Waals surface area contributed by atoms with Gasteiger partial charge in [0.1, 0.15) is 6.10 Å². The third-order valence-electron chi connectivity index (χ3n) is 13.7. The summed E-state index contributed by atoms with van der Waals surface area (Å²) >= 11 is 0. The molecule has 0 fully saturated rings. The Balaban J connectivity index is 4.37. The number of aliphatic carboxylic acids is 1. The molecular formula is C56H110O4. The van der Waals surface area contributed by atoms with Crippen LogP contribution in [-0.2, 0) is 14.3 Å². The molecule has 1 N–H and O–H groups in total. The fourth-order valence-electron chi connectivity index (χ4n) is 9.58. The SMILES string of the molecule is CCCCCCCCCCCCCCCCCC(=O)OC(CCCCCC)CCCCCCCCCC(C(=O)O)C(CCCCCCCC)CCCCCCCCCCC. The number of hydrogen-bond donors (Lipinski definition) is 1. The van der Waals surface area contributed by atoms with Gasteiger partial charge in [0.25, 0.3) is 0 Å². The van der Waals surface area contributed by atoms with Crippen molar-refractivity contribution < 1.29 is 19.4 Å². The maximum Gasteiger partial charge on any atom is 0.306 e. The number of hydrogen-bond acceptors (Lipinski definition) is 3. The smallest absolute Gasteiger partial charge is 0.306 e. The van der Waals surface area contributed by atoms with Gasteiger partial charge in [0.05, 0.1) is 5.92 Å². The van der Waals surface area contributed by atoms with Gasteiger partial charge >= 0.3 is 11.9 Å². The highest BCUT2D eigenvalue weighted by atomic mass is 16.5. The molecule has 4 heteroatoms. The number of esters is 1. The molecule has 358 valence electrons. The quantitative estimate of drug-likeness (QED) is 0.0489. The normalized spacial score (nSPS) is 13.1. The Morgan fingerprint density at radius 1 is 0.333 bits per heavy atom. The van der Waals surface area contributed by atoms with Crippen LogP contribution in [0, 0.1) is 11.8 Å². The van der Waals surface area contributed by atoms with Crippen LogP contribution in [0.1, 0.15) is 329 Å². The fraction of sp³-hybridized carbons (Fsp3) is 0.964. The van der Waals surface area contributed by atoms with E-state index in [1.807, 2.05) is 0 Å². The monoisotopic (exact) mass is 847 g/mol. The second-order valence-electron chi connectivity index (χ2n) is 19.6. The van der Waals surface area contributed by atoms with E-state index < -0.39 is 5.97 Å². The molecule has 0 aliphatic heterocycles. The largest absolute Gasteiger partial charge is 0.481 e. The molecule has 0 aliphatic rings. The Hall–Kier alpha value is -1.06. The van der Waals surface area contributed by atoms with Crippen molar-refractivity contribution >= 4 is 11.9 Å². The number of carbonyl (C=O) groups excluding carboxylic acids is 1. The molecule has 60 heavy (non-hydrogen) atoms. The van der Waals surface area contributed by atoms with Gasteiger partial charge in [-0.05, 0) is 57.3 Å². The Bertz CT molecular complexity index is 856. The third-order valence-corrected chi connectivity index (χ3v) is 13.7. The summed E-state index contributed by atoms with van der Waals surface area (Å²) in [6, 6.07) is 0. The zero-order valence-corrected chi connectivity index (χ0v) is 41.6. The highest BCUT2D eigenvalue weighted by molar-refractivity contribution is 5.70. The summed E-state index contributed by atoms with van der Waals surface area (Å²) in [4.78, 5) is 25.4. The number of carbonyl (C=O) groups is 2. The summed E-state index contributed by atoms with van der Waals surface area (Å²) in [6.45, 7) is 9.10. The molecule has 0 rings (SSSR count). The van der Waals surface area contributed by atoms with E-state index in [1.165, 1.54) is 231 Å². The molecule has 4 nitrogen and oxygen atoms in total. The van der Waals surface area contributed by atoms with Crippen molar-refractivity contribution in [2.75, 3.05) is 0 Å². The zero-order valence-electron chi connectivity index (χ0n) is 41.6. The van der Waals surface area contributed by atoms with Crippen LogP contribution in [0.15, 0.2) is 0 Å². The first-order valence-electron chi connectivity index (χ1n) is 27.9. The zero-order chi connectivity index (χ0) is 43.8. The Morgan fingerprint density at radius 2 is 0.583 bits per heavy atom. The average Bonchev–Trinajstić information content (AvgIpc) is 3.24. The second kappa shape index (κ2) is 49.0. The van der Waals surface area contributed by atoms with Gasteiger partial charge in [-0.2, -0.15) is 0 Å². The number of ether oxygens (including phenoxy) is 1. The predicted octanol–water partition coefficient (Wildman–Crippen LogP) is 19.6. The Labute approximate surface area is 377 Å². The predicted molar refractivity (Wildman–Crippen MR) is 264 cm³/mol. The molecule has 0 spiro atoms. The van der Waals surface area contributed by atoms with E-state index in [2.05, 4.69) is 27.7 Å². The number of carboxylic acids is 1. The van der Waals surface area contributed by atoms with Crippen molar-refractivity contribution in [1.29, 1.82) is 0 Å². The van der Waals surface area contributed by atoms with Gasteiger partial charge < -0.3 is 9.84 Å². The van der Waals surface area contributed by atoms with Crippen LogP contribution in [0.2, 0.25) is 0 Å². The van der Waals surface area contributed by atoms with E-state index in [-0.39, 0.29) is 18.0 Å². The van der Waals surface area contributed by atoms with Crippen LogP contribution < -0.4 is 0 Å². The Kier molecular flexibility index (Phi) is 48.1. The lowest BCUT2D eigenvalue weighted by Crippen LogP contribution is -2.24. The van der Waals surface area contributed by atoms with E-state index in [0.29, 0.717) is 12.3 Å². The summed E-state index contributed by atoms with van der Waals surface area (Å²) in [5.74, 6) is -0.314. The van der Waals surface area contributed by atoms with Gasteiger partial charge in [-0.1, -0.05) is 272 Å². The van der Waals surface area contributed by atoms with Crippen molar-refractivity contribution in [3.05, 3.63) is 0 Å². The van der Waals surface area contributed by atoms with E-state index in [9.17, 15) is 14.7 Å². The lowest BCUT2D eigenvalue weighted by atomic mass is 9.80. The van der Waals surface area contributed by atoms with Gasteiger partial charge in [-0.3, -0.25) is 9.59 Å². The van der Waals surface area contributed by atoms with E-state index >= 15 is 0 Å². The maximum atomic E-state index is 12.8. The molecule has 0 radical (unpaired) electrons. The molecule has 0 saturated carbocycles. The van der Waals surface area contributed by atoms with Gasteiger partial charge in [-0.25, -0.2) is 0 Å². The third kappa shape index (κ3) is 42.3. The highest BCUT2D eigenvalue weighted by Crippen LogP contribution is 2.31. The summed E-state index contributed by atoms with van der Waals surface area (Å²) in [6.07, 6.45) is 58.7. The van der Waals surface area contributed by atoms with Gasteiger partial charge in [0.2, 0.25) is 0 Å². The van der Waals surface area contributed by atoms with E-state index in [0.717, 1.165) is 64.2 Å². The molecule has 3 atom stereocenters. The molecule has 0 aromatic heterocycles. The molecule has 0 aliphatic carbocycles. The summed E-state index contributed by atoms with van der Waals surface area (Å²) < 4.78 is 6.09. The minimum atomic E-state index is -0.540. The van der Waals surface area contributed by atoms with Crippen LogP contribution in [0.3, 0.4) is 0 Å². The topological polar surface area (TPSA) is 63.6 Å². The van der Waals surface area contributed by atoms with E-state index in [1.54, 1.807) is 0 Å². The lowest BCUT2D eigenvalue weighted by molar-refractivity contribution is -0.150. The molecular weight excluding hydrogens is 737 g/mol. The van der Waals surface area contributed by atoms with Crippen LogP contribution in [-0.4, -0.2) is 23.1 Å². The van der Waals surface area contributed by atoms with Crippen molar-refractivity contribution in [3.63, 3.8) is 0 Å². The van der Waals surface area contributed by atoms with Crippen molar-refractivity contribution in [2.24, 2.45) is 11.8 Å². The fourth-order valence-corrected chi connectivity index (χ4v) is 9.58. The van der Waals surface area contributed by atoms with Crippen molar-refractivity contribution in [2.45, 2.75) is 336 Å². The first-order valence-corrected chi connectivity index (χ1v) is 27.9. The first-order chi connectivity index (χ1) is 29.5. The minimum absolute atomic E-state index is 0.0345. The summed E-state index contributed by atoms with van der Waals surface area (Å²) in [5.41, 5.74) is 0. The maximum absolute atomic E-state index is 12.8. The number of carboxylic acid groups (broad SMARTS) is 1. The molecule has 0 heterocycles. The standard InChI is InChI=1S/C56H110O4/c1-5-9-13-17-20-22-23-24-25-26-27-29-34-39-45-51-55(57)60-53(48-42-16-12-8-4)49-43-37-32-30-33-38-44-50-54(56(58)59)52(46-40-35-19-15-11-7-3)47-41-36-31-28-21-18-14-10-6-2/h52-54H,5-51H2,1-4H3,(H,58,59). The van der Waals surface area contributed by atoms with Crippen LogP contribution in [0.5, 0.6) is 0 Å². The summed E-state index contributed by atoms with van der Waals surface area (Å²) in [5, 5.41) is 10.3. The van der Waals surface area contributed by atoms with E-state index in [4.69, 9.17) is 4.74 Å². The molecule has 3 unspecified atom stereocenters. The summed E-state index contributed by atoms with van der Waals surface area (Å²) in [7, 11) is 0. The van der Waals surface area contributed by atoms with Crippen LogP contribution >= 0.6 is 0 Å². The van der Waals surface area contributed by atoms with Crippen molar-refractivity contribution in [1.82, 2.24) is 0 Å². The number of rotatable bonds is 51. The van der Waals surface area contributed by atoms with Crippen LogP contribution in [0.4, 0.5) is 0 Å².